The van der Waals surface area contributed by atoms with Crippen LogP contribution in [0.15, 0.2) is 42.9 Å². The first kappa shape index (κ1) is 25.2. The molecule has 2 fully saturated rings. The van der Waals surface area contributed by atoms with Gasteiger partial charge in [0, 0.05) is 24.8 Å². The molecule has 1 aliphatic heterocycles. The quantitative estimate of drug-likeness (QED) is 0.379. The Morgan fingerprint density at radius 3 is 2.77 bits per heavy atom. The number of fused-ring (bicyclic) bond motifs is 1. The monoisotopic (exact) mass is 545 g/mol. The fraction of sp³-hybridized carbons (Fsp3) is 0.357. The van der Waals surface area contributed by atoms with E-state index in [1.54, 1.807) is 17.2 Å². The van der Waals surface area contributed by atoms with Gasteiger partial charge in [0.2, 0.25) is 17.7 Å². The first-order chi connectivity index (χ1) is 18.8. The molecular formula is C28H28ClN7O3. The maximum Gasteiger partial charge on any atom is 0.245 e. The summed E-state index contributed by atoms with van der Waals surface area (Å²) in [4.78, 5) is 44.5. The molecule has 0 radical (unpaired) electrons. The third-order valence-corrected chi connectivity index (χ3v) is 7.42. The summed E-state index contributed by atoms with van der Waals surface area (Å²) in [7, 11) is 0. The predicted octanol–water partition coefficient (Wildman–Crippen LogP) is 3.33. The smallest absolute Gasteiger partial charge is 0.245 e. The summed E-state index contributed by atoms with van der Waals surface area (Å²) < 4.78 is 8.18. The minimum absolute atomic E-state index is 0.0756. The van der Waals surface area contributed by atoms with Crippen molar-refractivity contribution >= 4 is 34.6 Å². The van der Waals surface area contributed by atoms with Gasteiger partial charge >= 0.3 is 0 Å². The number of amides is 2. The predicted molar refractivity (Wildman–Crippen MR) is 145 cm³/mol. The summed E-state index contributed by atoms with van der Waals surface area (Å²) in [6.07, 6.45) is 5.36. The van der Waals surface area contributed by atoms with E-state index in [9.17, 15) is 9.59 Å². The van der Waals surface area contributed by atoms with Crippen LogP contribution in [0.3, 0.4) is 0 Å². The molecular weight excluding hydrogens is 518 g/mol. The molecule has 4 heterocycles. The van der Waals surface area contributed by atoms with Crippen molar-refractivity contribution in [1.82, 2.24) is 34.7 Å². The highest BCUT2D eigenvalue weighted by atomic mass is 35.5. The van der Waals surface area contributed by atoms with E-state index < -0.39 is 0 Å². The number of hydrogen-bond donors (Lipinski definition) is 1. The molecule has 1 saturated heterocycles. The zero-order valence-corrected chi connectivity index (χ0v) is 22.5. The number of aryl methyl sites for hydroxylation is 1. The van der Waals surface area contributed by atoms with Gasteiger partial charge in [0.1, 0.15) is 17.8 Å². The Balaban J connectivity index is 1.37. The second-order valence-electron chi connectivity index (χ2n) is 10.4. The highest BCUT2D eigenvalue weighted by molar-refractivity contribution is 6.33. The second kappa shape index (κ2) is 9.92. The highest BCUT2D eigenvalue weighted by Gasteiger charge is 2.41. The summed E-state index contributed by atoms with van der Waals surface area (Å²) in [5.74, 6) is 0.792. The van der Waals surface area contributed by atoms with Crippen molar-refractivity contribution in [3.63, 3.8) is 0 Å². The lowest BCUT2D eigenvalue weighted by Crippen LogP contribution is -2.50. The van der Waals surface area contributed by atoms with Crippen LogP contribution in [-0.4, -0.2) is 66.5 Å². The summed E-state index contributed by atoms with van der Waals surface area (Å²) in [6, 6.07) is 9.49. The van der Waals surface area contributed by atoms with Crippen molar-refractivity contribution in [2.24, 2.45) is 0 Å². The van der Waals surface area contributed by atoms with E-state index in [4.69, 9.17) is 21.3 Å². The number of ether oxygens (including phenoxy) is 1. The SMILES string of the molecule is Cc1ccnc(Cn2c(-c3ccc(CC(=O)N4CCNC(=O)C4)cc3Cl)nc3c(OC4(C)CC4)ncnc32)c1. The number of imidazole rings is 1. The molecule has 2 aliphatic rings. The van der Waals surface area contributed by atoms with Gasteiger partial charge in [-0.05, 0) is 62.1 Å². The first-order valence-corrected chi connectivity index (χ1v) is 13.3. The van der Waals surface area contributed by atoms with Gasteiger partial charge in [-0.15, -0.1) is 0 Å². The summed E-state index contributed by atoms with van der Waals surface area (Å²) in [5, 5.41) is 3.19. The maximum atomic E-state index is 12.8. The number of carbonyl (C=O) groups is 2. The molecule has 0 spiro atoms. The zero-order chi connectivity index (χ0) is 27.1. The molecule has 0 atom stereocenters. The van der Waals surface area contributed by atoms with Crippen molar-refractivity contribution in [3.8, 4) is 17.3 Å². The van der Waals surface area contributed by atoms with Gasteiger partial charge in [-0.25, -0.2) is 9.97 Å². The lowest BCUT2D eigenvalue weighted by Gasteiger charge is -2.26. The minimum atomic E-state index is -0.232. The average Bonchev–Trinajstić information content (AvgIpc) is 3.52. The average molecular weight is 546 g/mol. The molecule has 1 N–H and O–H groups in total. The molecule has 0 bridgehead atoms. The number of benzene rings is 1. The topological polar surface area (TPSA) is 115 Å². The number of rotatable bonds is 7. The van der Waals surface area contributed by atoms with Crippen molar-refractivity contribution in [3.05, 3.63) is 64.7 Å². The number of carbonyl (C=O) groups excluding carboxylic acids is 2. The standard InChI is InChI=1S/C28H28ClN7O3/c1-17-5-8-30-19(11-17)14-36-25(34-24-26(36)32-16-33-27(24)39-28(2)6-7-28)20-4-3-18(12-21(20)29)13-23(38)35-10-9-31-22(37)15-35/h3-5,8,11-12,16H,6-7,9-10,13-15H2,1-2H3,(H,31,37). The summed E-state index contributed by atoms with van der Waals surface area (Å²) in [5.41, 5.74) is 4.37. The number of nitrogens with one attached hydrogen (secondary N) is 1. The molecule has 1 saturated carbocycles. The molecule has 1 aliphatic carbocycles. The van der Waals surface area contributed by atoms with Crippen molar-refractivity contribution in [2.45, 2.75) is 45.3 Å². The Kier molecular flexibility index (Phi) is 6.42. The van der Waals surface area contributed by atoms with Crippen LogP contribution in [0.2, 0.25) is 5.02 Å². The Bertz CT molecular complexity index is 1600. The van der Waals surface area contributed by atoms with Gasteiger partial charge in [-0.2, -0.15) is 4.98 Å². The number of hydrogen-bond acceptors (Lipinski definition) is 7. The molecule has 11 heteroatoms. The van der Waals surface area contributed by atoms with Crippen molar-refractivity contribution in [2.75, 3.05) is 19.6 Å². The Labute approximate surface area is 230 Å². The lowest BCUT2D eigenvalue weighted by molar-refractivity contribution is -0.137. The summed E-state index contributed by atoms with van der Waals surface area (Å²) in [6.45, 7) is 5.54. The molecule has 200 valence electrons. The Hall–Kier alpha value is -4.05. The van der Waals surface area contributed by atoms with E-state index in [2.05, 4.69) is 27.2 Å². The Morgan fingerprint density at radius 1 is 1.18 bits per heavy atom. The van der Waals surface area contributed by atoms with Crippen LogP contribution in [0, 0.1) is 6.92 Å². The van der Waals surface area contributed by atoms with Crippen molar-refractivity contribution < 1.29 is 14.3 Å². The molecule has 1 aromatic carbocycles. The largest absolute Gasteiger partial charge is 0.470 e. The second-order valence-corrected chi connectivity index (χ2v) is 10.8. The van der Waals surface area contributed by atoms with Crippen LogP contribution in [-0.2, 0) is 22.6 Å². The van der Waals surface area contributed by atoms with Crippen LogP contribution < -0.4 is 10.1 Å². The normalized spacial score (nSPS) is 16.3. The van der Waals surface area contributed by atoms with Gasteiger partial charge in [-0.3, -0.25) is 14.6 Å². The number of halogens is 1. The molecule has 10 nitrogen and oxygen atoms in total. The number of aromatic nitrogens is 5. The summed E-state index contributed by atoms with van der Waals surface area (Å²) >= 11 is 6.82. The first-order valence-electron chi connectivity index (χ1n) is 12.9. The van der Waals surface area contributed by atoms with Gasteiger partial charge < -0.3 is 19.5 Å². The number of pyridine rings is 1. The third kappa shape index (κ3) is 5.29. The van der Waals surface area contributed by atoms with Crippen molar-refractivity contribution in [1.29, 1.82) is 0 Å². The van der Waals surface area contributed by atoms with E-state index in [-0.39, 0.29) is 30.4 Å². The fourth-order valence-electron chi connectivity index (χ4n) is 4.69. The molecule has 3 aromatic heterocycles. The van der Waals surface area contributed by atoms with E-state index in [1.165, 1.54) is 6.33 Å². The lowest BCUT2D eigenvalue weighted by atomic mass is 10.1. The van der Waals surface area contributed by atoms with Crippen LogP contribution >= 0.6 is 11.6 Å². The third-order valence-electron chi connectivity index (χ3n) is 7.11. The maximum absolute atomic E-state index is 12.8. The van der Waals surface area contributed by atoms with E-state index in [0.29, 0.717) is 53.1 Å². The molecule has 0 unspecified atom stereocenters. The zero-order valence-electron chi connectivity index (χ0n) is 21.8. The van der Waals surface area contributed by atoms with Crippen LogP contribution in [0.25, 0.3) is 22.6 Å². The van der Waals surface area contributed by atoms with E-state index in [1.807, 2.05) is 35.8 Å². The van der Waals surface area contributed by atoms with Gasteiger partial charge in [0.25, 0.3) is 0 Å². The minimum Gasteiger partial charge on any atom is -0.470 e. The van der Waals surface area contributed by atoms with E-state index >= 15 is 0 Å². The number of piperazine rings is 1. The van der Waals surface area contributed by atoms with Gasteiger partial charge in [0.15, 0.2) is 11.2 Å². The van der Waals surface area contributed by atoms with Crippen LogP contribution in [0.5, 0.6) is 5.88 Å². The van der Waals surface area contributed by atoms with Gasteiger partial charge in [-0.1, -0.05) is 17.7 Å². The van der Waals surface area contributed by atoms with Crippen LogP contribution in [0.1, 0.15) is 36.6 Å². The number of nitrogens with zero attached hydrogens (tertiary/aromatic N) is 6. The highest BCUT2D eigenvalue weighted by Crippen LogP contribution is 2.41. The Morgan fingerprint density at radius 2 is 2.03 bits per heavy atom. The molecule has 6 rings (SSSR count). The molecule has 2 amide bonds. The van der Waals surface area contributed by atoms with Gasteiger partial charge in [0.05, 0.1) is 30.2 Å². The molecule has 4 aromatic rings. The molecule has 39 heavy (non-hydrogen) atoms. The van der Waals surface area contributed by atoms with Crippen LogP contribution in [0.4, 0.5) is 0 Å². The van der Waals surface area contributed by atoms with E-state index in [0.717, 1.165) is 29.7 Å². The fourth-order valence-corrected chi connectivity index (χ4v) is 4.98.